The number of carbonyl (C=O) groups is 1. The second-order valence-corrected chi connectivity index (χ2v) is 5.54. The van der Waals surface area contributed by atoms with Gasteiger partial charge < -0.3 is 4.74 Å². The molecular formula is C17H26FNO2. The van der Waals surface area contributed by atoms with E-state index in [1.807, 2.05) is 0 Å². The molecular weight excluding hydrogens is 269 g/mol. The van der Waals surface area contributed by atoms with E-state index in [-0.39, 0.29) is 11.5 Å². The first kappa shape index (κ1) is 17.6. The van der Waals surface area contributed by atoms with Gasteiger partial charge in [0.1, 0.15) is 0 Å². The number of methoxy groups -OCH3 is 1. The van der Waals surface area contributed by atoms with Crippen LogP contribution in [0.25, 0.3) is 0 Å². The van der Waals surface area contributed by atoms with E-state index in [2.05, 4.69) is 25.7 Å². The molecule has 1 aromatic rings. The topological polar surface area (TPSA) is 29.5 Å². The van der Waals surface area contributed by atoms with Gasteiger partial charge in [-0.1, -0.05) is 19.8 Å². The summed E-state index contributed by atoms with van der Waals surface area (Å²) in [5, 5.41) is 0. The van der Waals surface area contributed by atoms with Crippen LogP contribution >= 0.6 is 0 Å². The van der Waals surface area contributed by atoms with Crippen LogP contribution in [0, 0.1) is 5.82 Å². The molecule has 3 nitrogen and oxygen atoms in total. The Morgan fingerprint density at radius 3 is 2.57 bits per heavy atom. The molecule has 21 heavy (non-hydrogen) atoms. The summed E-state index contributed by atoms with van der Waals surface area (Å²) >= 11 is 0. The third-order valence-corrected chi connectivity index (χ3v) is 3.60. The van der Waals surface area contributed by atoms with Crippen molar-refractivity contribution in [3.63, 3.8) is 0 Å². The second kappa shape index (κ2) is 8.78. The Bertz CT molecular complexity index is 460. The maximum Gasteiger partial charge on any atom is 0.176 e. The summed E-state index contributed by atoms with van der Waals surface area (Å²) in [6, 6.07) is 4.67. The number of carbonyl (C=O) groups excluding carboxylic acids is 1. The highest BCUT2D eigenvalue weighted by Gasteiger charge is 2.16. The molecule has 4 heteroatoms. The van der Waals surface area contributed by atoms with Gasteiger partial charge in [0.05, 0.1) is 13.7 Å². The first-order chi connectivity index (χ1) is 9.99. The smallest absolute Gasteiger partial charge is 0.176 e. The summed E-state index contributed by atoms with van der Waals surface area (Å²) in [5.41, 5.74) is 0.398. The first-order valence-corrected chi connectivity index (χ1v) is 7.60. The van der Waals surface area contributed by atoms with Gasteiger partial charge in [0.15, 0.2) is 17.3 Å². The summed E-state index contributed by atoms with van der Waals surface area (Å²) in [4.78, 5) is 14.4. The first-order valence-electron chi connectivity index (χ1n) is 7.60. The van der Waals surface area contributed by atoms with Gasteiger partial charge in [0.25, 0.3) is 0 Å². The maximum atomic E-state index is 13.7. The fraction of sp³-hybridized carbons (Fsp3) is 0.588. The summed E-state index contributed by atoms with van der Waals surface area (Å²) in [6.45, 7) is 7.54. The number of ether oxygens (including phenoxy) is 1. The van der Waals surface area contributed by atoms with Crippen molar-refractivity contribution in [2.24, 2.45) is 0 Å². The van der Waals surface area contributed by atoms with E-state index in [4.69, 9.17) is 4.74 Å². The highest BCUT2D eigenvalue weighted by molar-refractivity contribution is 5.97. The highest BCUT2D eigenvalue weighted by Crippen LogP contribution is 2.18. The standard InChI is InChI=1S/C17H26FNO2/c1-5-6-7-10-19(13(2)3)12-16(20)14-8-9-17(21-4)15(18)11-14/h8-9,11,13H,5-7,10,12H2,1-4H3. The van der Waals surface area contributed by atoms with Crippen LogP contribution in [0.5, 0.6) is 5.75 Å². The summed E-state index contributed by atoms with van der Waals surface area (Å²) in [5.74, 6) is -0.387. The third kappa shape index (κ3) is 5.46. The van der Waals surface area contributed by atoms with Crippen molar-refractivity contribution < 1.29 is 13.9 Å². The largest absolute Gasteiger partial charge is 0.494 e. The van der Waals surface area contributed by atoms with Crippen molar-refractivity contribution in [1.29, 1.82) is 0 Å². The van der Waals surface area contributed by atoms with Crippen LogP contribution in [0.2, 0.25) is 0 Å². The van der Waals surface area contributed by atoms with Crippen LogP contribution in [0.3, 0.4) is 0 Å². The number of nitrogens with zero attached hydrogens (tertiary/aromatic N) is 1. The van der Waals surface area contributed by atoms with E-state index in [0.29, 0.717) is 18.2 Å². The van der Waals surface area contributed by atoms with Crippen molar-refractivity contribution in [2.75, 3.05) is 20.2 Å². The van der Waals surface area contributed by atoms with Gasteiger partial charge in [-0.15, -0.1) is 0 Å². The second-order valence-electron chi connectivity index (χ2n) is 5.54. The Balaban J connectivity index is 2.70. The average Bonchev–Trinajstić information content (AvgIpc) is 2.45. The molecule has 118 valence electrons. The number of rotatable bonds is 9. The van der Waals surface area contributed by atoms with Crippen LogP contribution in [0.1, 0.15) is 50.4 Å². The third-order valence-electron chi connectivity index (χ3n) is 3.60. The zero-order chi connectivity index (χ0) is 15.8. The molecule has 0 N–H and O–H groups in total. The van der Waals surface area contributed by atoms with E-state index >= 15 is 0 Å². The van der Waals surface area contributed by atoms with Crippen LogP contribution in [0.15, 0.2) is 18.2 Å². The van der Waals surface area contributed by atoms with Gasteiger partial charge in [-0.25, -0.2) is 4.39 Å². The van der Waals surface area contributed by atoms with Gasteiger partial charge in [0.2, 0.25) is 0 Å². The molecule has 1 rings (SSSR count). The fourth-order valence-electron chi connectivity index (χ4n) is 2.20. The molecule has 0 fully saturated rings. The van der Waals surface area contributed by atoms with E-state index < -0.39 is 5.82 Å². The van der Waals surface area contributed by atoms with Crippen molar-refractivity contribution in [3.8, 4) is 5.75 Å². The Morgan fingerprint density at radius 1 is 1.33 bits per heavy atom. The highest BCUT2D eigenvalue weighted by atomic mass is 19.1. The summed E-state index contributed by atoms with van der Waals surface area (Å²) < 4.78 is 18.5. The Labute approximate surface area is 127 Å². The lowest BCUT2D eigenvalue weighted by Gasteiger charge is -2.25. The van der Waals surface area contributed by atoms with Gasteiger partial charge in [0, 0.05) is 11.6 Å². The van der Waals surface area contributed by atoms with Crippen molar-refractivity contribution >= 4 is 5.78 Å². The van der Waals surface area contributed by atoms with Crippen molar-refractivity contribution in [2.45, 2.75) is 46.1 Å². The van der Waals surface area contributed by atoms with Gasteiger partial charge in [-0.3, -0.25) is 9.69 Å². The van der Waals surface area contributed by atoms with E-state index in [9.17, 15) is 9.18 Å². The zero-order valence-electron chi connectivity index (χ0n) is 13.5. The molecule has 0 radical (unpaired) electrons. The quantitative estimate of drug-likeness (QED) is 0.511. The molecule has 0 aliphatic heterocycles. The van der Waals surface area contributed by atoms with Crippen LogP contribution in [0.4, 0.5) is 4.39 Å². The molecule has 0 aromatic heterocycles. The van der Waals surface area contributed by atoms with E-state index in [1.165, 1.54) is 19.2 Å². The van der Waals surface area contributed by atoms with Gasteiger partial charge in [-0.2, -0.15) is 0 Å². The summed E-state index contributed by atoms with van der Waals surface area (Å²) in [7, 11) is 1.41. The minimum atomic E-state index is -0.495. The Kier molecular flexibility index (Phi) is 7.37. The van der Waals surface area contributed by atoms with E-state index in [0.717, 1.165) is 25.8 Å². The molecule has 0 atom stereocenters. The molecule has 0 heterocycles. The molecule has 0 saturated heterocycles. The monoisotopic (exact) mass is 295 g/mol. The predicted molar refractivity (Wildman–Crippen MR) is 83.5 cm³/mol. The molecule has 0 saturated carbocycles. The molecule has 0 unspecified atom stereocenters. The lowest BCUT2D eigenvalue weighted by molar-refractivity contribution is 0.0903. The zero-order valence-corrected chi connectivity index (χ0v) is 13.5. The molecule has 0 bridgehead atoms. The fourth-order valence-corrected chi connectivity index (χ4v) is 2.20. The number of halogens is 1. The normalized spacial score (nSPS) is 11.2. The number of hydrogen-bond acceptors (Lipinski definition) is 3. The van der Waals surface area contributed by atoms with Crippen LogP contribution in [-0.2, 0) is 0 Å². The van der Waals surface area contributed by atoms with Gasteiger partial charge in [-0.05, 0) is 45.0 Å². The Hall–Kier alpha value is -1.42. The van der Waals surface area contributed by atoms with E-state index in [1.54, 1.807) is 6.07 Å². The maximum absolute atomic E-state index is 13.7. The minimum Gasteiger partial charge on any atom is -0.494 e. The van der Waals surface area contributed by atoms with Crippen LogP contribution < -0.4 is 4.74 Å². The lowest BCUT2D eigenvalue weighted by atomic mass is 10.1. The summed E-state index contributed by atoms with van der Waals surface area (Å²) in [6.07, 6.45) is 3.40. The minimum absolute atomic E-state index is 0.0539. The average molecular weight is 295 g/mol. The van der Waals surface area contributed by atoms with Crippen molar-refractivity contribution in [1.82, 2.24) is 4.90 Å². The Morgan fingerprint density at radius 2 is 2.05 bits per heavy atom. The number of ketones is 1. The lowest BCUT2D eigenvalue weighted by Crippen LogP contribution is -2.36. The van der Waals surface area contributed by atoms with Crippen molar-refractivity contribution in [3.05, 3.63) is 29.6 Å². The molecule has 0 spiro atoms. The SMILES string of the molecule is CCCCCN(CC(=O)c1ccc(OC)c(F)c1)C(C)C. The molecule has 0 aliphatic carbocycles. The van der Waals surface area contributed by atoms with Crippen LogP contribution in [-0.4, -0.2) is 36.9 Å². The number of Topliss-reactive ketones (excluding diaryl/α,β-unsaturated/α-hetero) is 1. The number of hydrogen-bond donors (Lipinski definition) is 0. The number of benzene rings is 1. The predicted octanol–water partition coefficient (Wildman–Crippen LogP) is 3.92. The van der Waals surface area contributed by atoms with Gasteiger partial charge >= 0.3 is 0 Å². The number of unbranched alkanes of at least 4 members (excludes halogenated alkanes) is 2. The molecule has 0 amide bonds. The molecule has 1 aromatic carbocycles. The molecule has 0 aliphatic rings.